The maximum atomic E-state index is 13.8. The number of benzene rings is 2. The number of fused-ring (bicyclic) bond motifs is 3. The van der Waals surface area contributed by atoms with Crippen molar-refractivity contribution in [2.24, 2.45) is 23.5 Å². The van der Waals surface area contributed by atoms with E-state index in [0.29, 0.717) is 48.8 Å². The van der Waals surface area contributed by atoms with Gasteiger partial charge in [-0.1, -0.05) is 42.5 Å². The van der Waals surface area contributed by atoms with Gasteiger partial charge in [0.05, 0.1) is 29.8 Å². The lowest BCUT2D eigenvalue weighted by atomic mass is 9.93. The summed E-state index contributed by atoms with van der Waals surface area (Å²) in [5, 5.41) is 3.68. The van der Waals surface area contributed by atoms with E-state index < -0.39 is 29.4 Å². The highest BCUT2D eigenvalue weighted by atomic mass is 16.5. The van der Waals surface area contributed by atoms with E-state index >= 15 is 0 Å². The number of ether oxygens (including phenoxy) is 2. The van der Waals surface area contributed by atoms with Crippen molar-refractivity contribution in [2.75, 3.05) is 20.7 Å². The Balaban J connectivity index is 1.34. The molecule has 230 valence electrons. The van der Waals surface area contributed by atoms with Crippen LogP contribution in [0.15, 0.2) is 54.6 Å². The van der Waals surface area contributed by atoms with Crippen molar-refractivity contribution in [1.82, 2.24) is 20.2 Å². The molecule has 0 radical (unpaired) electrons. The Kier molecular flexibility index (Phi) is 8.00. The lowest BCUT2D eigenvalue weighted by Gasteiger charge is -2.26. The minimum Gasteiger partial charge on any atom is -0.496 e. The van der Waals surface area contributed by atoms with Crippen LogP contribution in [-0.4, -0.2) is 64.9 Å². The number of hydrogen-bond acceptors (Lipinski definition) is 7. The SMILES string of the molecule is COc1ccc2c(OC3CC4C(=O)NC5(C(N)=O)CC5C=CCCCCN(C)C(=O)C4C3)nc(-c3ccccc3)nc2c1C. The van der Waals surface area contributed by atoms with Crippen LogP contribution in [0.5, 0.6) is 11.6 Å². The molecule has 1 aliphatic heterocycles. The molecule has 10 heteroatoms. The van der Waals surface area contributed by atoms with E-state index in [-0.39, 0.29) is 17.7 Å². The third-order valence-corrected chi connectivity index (χ3v) is 9.40. The van der Waals surface area contributed by atoms with Crippen molar-refractivity contribution in [3.63, 3.8) is 0 Å². The van der Waals surface area contributed by atoms with E-state index in [2.05, 4.69) is 5.32 Å². The summed E-state index contributed by atoms with van der Waals surface area (Å²) in [7, 11) is 3.41. The molecular weight excluding hydrogens is 558 g/mol. The zero-order chi connectivity index (χ0) is 31.0. The summed E-state index contributed by atoms with van der Waals surface area (Å²) in [6.07, 6.45) is 7.29. The Bertz CT molecular complexity index is 1630. The highest BCUT2D eigenvalue weighted by Gasteiger charge is 2.60. The van der Waals surface area contributed by atoms with Crippen molar-refractivity contribution in [3.8, 4) is 23.0 Å². The monoisotopic (exact) mass is 597 g/mol. The van der Waals surface area contributed by atoms with E-state index in [0.717, 1.165) is 35.8 Å². The molecule has 3 aromatic rings. The summed E-state index contributed by atoms with van der Waals surface area (Å²) in [6, 6.07) is 13.4. The fourth-order valence-corrected chi connectivity index (χ4v) is 6.71. The summed E-state index contributed by atoms with van der Waals surface area (Å²) in [5.41, 5.74) is 7.08. The average molecular weight is 598 g/mol. The molecular formula is C34H39N5O5. The second-order valence-electron chi connectivity index (χ2n) is 12.3. The van der Waals surface area contributed by atoms with Gasteiger partial charge in [-0.25, -0.2) is 4.98 Å². The number of nitrogens with zero attached hydrogens (tertiary/aromatic N) is 3. The molecule has 0 spiro atoms. The molecule has 5 unspecified atom stereocenters. The number of carbonyl (C=O) groups excluding carboxylic acids is 3. The Morgan fingerprint density at radius 2 is 1.84 bits per heavy atom. The Hall–Kier alpha value is -4.47. The van der Waals surface area contributed by atoms with E-state index in [1.807, 2.05) is 61.5 Å². The smallest absolute Gasteiger partial charge is 0.243 e. The average Bonchev–Trinajstić information content (AvgIpc) is 3.56. The molecule has 1 aromatic heterocycles. The van der Waals surface area contributed by atoms with Crippen LogP contribution in [0.1, 0.15) is 44.1 Å². The molecule has 3 N–H and O–H groups in total. The number of primary amides is 1. The van der Waals surface area contributed by atoms with Gasteiger partial charge in [0.1, 0.15) is 17.4 Å². The molecule has 2 aliphatic carbocycles. The molecule has 0 bridgehead atoms. The fraction of sp³-hybridized carbons (Fsp3) is 0.441. The Labute approximate surface area is 257 Å². The number of hydrogen-bond donors (Lipinski definition) is 2. The molecule has 3 amide bonds. The summed E-state index contributed by atoms with van der Waals surface area (Å²) < 4.78 is 12.2. The van der Waals surface area contributed by atoms with Crippen LogP contribution in [0.3, 0.4) is 0 Å². The molecule has 2 heterocycles. The quantitative estimate of drug-likeness (QED) is 0.425. The second kappa shape index (κ2) is 11.9. The molecule has 2 saturated carbocycles. The number of carbonyl (C=O) groups is 3. The van der Waals surface area contributed by atoms with Crippen LogP contribution < -0.4 is 20.5 Å². The first-order chi connectivity index (χ1) is 21.2. The zero-order valence-corrected chi connectivity index (χ0v) is 25.4. The number of aromatic nitrogens is 2. The van der Waals surface area contributed by atoms with Crippen LogP contribution in [-0.2, 0) is 14.4 Å². The fourth-order valence-electron chi connectivity index (χ4n) is 6.71. The Morgan fingerprint density at radius 3 is 2.59 bits per heavy atom. The van der Waals surface area contributed by atoms with Gasteiger partial charge in [-0.05, 0) is 57.6 Å². The van der Waals surface area contributed by atoms with Crippen LogP contribution in [0.4, 0.5) is 0 Å². The molecule has 2 aromatic carbocycles. The van der Waals surface area contributed by atoms with Crippen LogP contribution >= 0.6 is 0 Å². The third-order valence-electron chi connectivity index (χ3n) is 9.40. The van der Waals surface area contributed by atoms with Crippen molar-refractivity contribution in [3.05, 3.63) is 60.2 Å². The number of nitrogens with two attached hydrogens (primary N) is 1. The van der Waals surface area contributed by atoms with Gasteiger partial charge in [-0.2, -0.15) is 4.98 Å². The van der Waals surface area contributed by atoms with E-state index in [1.54, 1.807) is 19.1 Å². The second-order valence-corrected chi connectivity index (χ2v) is 12.3. The topological polar surface area (TPSA) is 137 Å². The first kappa shape index (κ1) is 29.6. The standard InChI is InChI=1S/C34H39N5O5/c1-20-27(43-3)15-14-24-28(20)36-29(21-11-7-6-8-12-21)37-31(24)44-23-17-25-26(18-23)32(41)39(2)16-10-5-4-9-13-22-19-34(22,33(35)42)38-30(25)40/h6-9,11-15,22-23,25-26H,4-5,10,16-19H2,1-3H3,(H2,35,42)(H,38,40). The van der Waals surface area contributed by atoms with Crippen molar-refractivity contribution in [1.29, 1.82) is 0 Å². The number of nitrogens with one attached hydrogen (secondary N) is 1. The van der Waals surface area contributed by atoms with Gasteiger partial charge in [0.25, 0.3) is 0 Å². The molecule has 5 atom stereocenters. The molecule has 2 fully saturated rings. The van der Waals surface area contributed by atoms with Crippen molar-refractivity contribution in [2.45, 2.75) is 57.1 Å². The predicted molar refractivity (Wildman–Crippen MR) is 166 cm³/mol. The maximum Gasteiger partial charge on any atom is 0.243 e. The minimum atomic E-state index is -1.11. The van der Waals surface area contributed by atoms with E-state index in [9.17, 15) is 14.4 Å². The number of allylic oxidation sites excluding steroid dienone is 1. The first-order valence-corrected chi connectivity index (χ1v) is 15.3. The van der Waals surface area contributed by atoms with Gasteiger partial charge in [0, 0.05) is 30.6 Å². The lowest BCUT2D eigenvalue weighted by molar-refractivity contribution is -0.140. The summed E-state index contributed by atoms with van der Waals surface area (Å²) >= 11 is 0. The van der Waals surface area contributed by atoms with Gasteiger partial charge in [-0.15, -0.1) is 0 Å². The van der Waals surface area contributed by atoms with Gasteiger partial charge >= 0.3 is 0 Å². The highest BCUT2D eigenvalue weighted by Crippen LogP contribution is 2.46. The predicted octanol–water partition coefficient (Wildman–Crippen LogP) is 3.95. The summed E-state index contributed by atoms with van der Waals surface area (Å²) in [6.45, 7) is 2.55. The van der Waals surface area contributed by atoms with Crippen LogP contribution in [0.25, 0.3) is 22.3 Å². The van der Waals surface area contributed by atoms with Gasteiger partial charge < -0.3 is 25.4 Å². The number of amides is 3. The minimum absolute atomic E-state index is 0.0950. The molecule has 3 aliphatic rings. The first-order valence-electron chi connectivity index (χ1n) is 15.3. The van der Waals surface area contributed by atoms with Crippen molar-refractivity contribution < 1.29 is 23.9 Å². The molecule has 0 saturated heterocycles. The molecule has 44 heavy (non-hydrogen) atoms. The van der Waals surface area contributed by atoms with Crippen LogP contribution in [0.2, 0.25) is 0 Å². The largest absolute Gasteiger partial charge is 0.496 e. The van der Waals surface area contributed by atoms with Gasteiger partial charge in [0.2, 0.25) is 23.6 Å². The third kappa shape index (κ3) is 5.49. The Morgan fingerprint density at radius 1 is 1.07 bits per heavy atom. The molecule has 6 rings (SSSR count). The number of aryl methyl sites for hydroxylation is 1. The summed E-state index contributed by atoms with van der Waals surface area (Å²) in [5.74, 6) is -0.811. The highest BCUT2D eigenvalue weighted by molar-refractivity contribution is 5.96. The summed E-state index contributed by atoms with van der Waals surface area (Å²) in [4.78, 5) is 51.5. The van der Waals surface area contributed by atoms with Crippen molar-refractivity contribution >= 4 is 28.6 Å². The van der Waals surface area contributed by atoms with Gasteiger partial charge in [0.15, 0.2) is 5.82 Å². The van der Waals surface area contributed by atoms with Crippen LogP contribution in [0, 0.1) is 24.7 Å². The zero-order valence-electron chi connectivity index (χ0n) is 25.4. The van der Waals surface area contributed by atoms with E-state index in [4.69, 9.17) is 25.2 Å². The number of methoxy groups -OCH3 is 1. The van der Waals surface area contributed by atoms with Gasteiger partial charge in [-0.3, -0.25) is 14.4 Å². The number of rotatable bonds is 5. The molecule has 10 nitrogen and oxygen atoms in total. The normalized spacial score (nSPS) is 27.2. The van der Waals surface area contributed by atoms with E-state index in [1.165, 1.54) is 0 Å². The lowest BCUT2D eigenvalue weighted by Crippen LogP contribution is -2.51. The maximum absolute atomic E-state index is 13.8.